The number of anilines is 7. The van der Waals surface area contributed by atoms with Crippen molar-refractivity contribution in [3.63, 3.8) is 0 Å². The molecule has 11 aromatic carbocycles. The van der Waals surface area contributed by atoms with Gasteiger partial charge in [0.25, 0.3) is 0 Å². The Morgan fingerprint density at radius 3 is 1.42 bits per heavy atom. The molecule has 18 rings (SSSR count). The van der Waals surface area contributed by atoms with Gasteiger partial charge in [0.1, 0.15) is 50.5 Å². The third-order valence-electron chi connectivity index (χ3n) is 24.8. The van der Waals surface area contributed by atoms with Crippen molar-refractivity contribution < 1.29 is 34.2 Å². The topological polar surface area (TPSA) is 518 Å². The van der Waals surface area contributed by atoms with Gasteiger partial charge in [-0.15, -0.1) is 47.0 Å². The summed E-state index contributed by atoms with van der Waals surface area (Å²) in [7, 11) is 2.26. The molecule has 0 amide bonds. The summed E-state index contributed by atoms with van der Waals surface area (Å²) < 4.78 is 14.5. The maximum atomic E-state index is 11.8. The number of nitro benzene ring substituents is 2. The number of hydrogen-bond donors (Lipinski definition) is 13. The van der Waals surface area contributed by atoms with E-state index in [1.165, 1.54) is 35.5 Å². The minimum atomic E-state index is -0.600. The molecule has 7 aromatic heterocycles. The monoisotopic (exact) mass is 2090 g/mol. The van der Waals surface area contributed by atoms with Crippen molar-refractivity contribution in [3.05, 3.63) is 342 Å². The summed E-state index contributed by atoms with van der Waals surface area (Å²) in [5.41, 5.74) is 65.5. The second-order valence-electron chi connectivity index (χ2n) is 34.1. The van der Waals surface area contributed by atoms with Crippen LogP contribution in [0.1, 0.15) is 87.2 Å². The van der Waals surface area contributed by atoms with E-state index in [2.05, 4.69) is 100 Å². The number of H-pyrrole nitrogens is 2. The van der Waals surface area contributed by atoms with Crippen molar-refractivity contribution in [1.29, 1.82) is 5.41 Å². The average molecular weight is 2100 g/mol. The van der Waals surface area contributed by atoms with Gasteiger partial charge in [-0.25, -0.2) is 9.97 Å². The number of nitrogens with one attached hydrogen (secondary N) is 4. The normalized spacial score (nSPS) is 10.9. The van der Waals surface area contributed by atoms with Crippen LogP contribution in [0.3, 0.4) is 0 Å². The highest BCUT2D eigenvalue weighted by Crippen LogP contribution is 2.40. The van der Waals surface area contributed by atoms with Crippen molar-refractivity contribution in [2.24, 2.45) is 0 Å². The molecule has 7 heterocycles. The Morgan fingerprint density at radius 1 is 0.510 bits per heavy atom. The number of thioether (sulfide) groups is 4. The molecule has 20 N–H and O–H groups in total. The first-order chi connectivity index (χ1) is 71.7. The minimum Gasteiger partial charge on any atom is -0.497 e. The first kappa shape index (κ1) is 112. The number of aromatic amines is 2. The van der Waals surface area contributed by atoms with E-state index in [0.29, 0.717) is 76.6 Å². The zero-order valence-corrected chi connectivity index (χ0v) is 89.3. The first-order valence-corrected chi connectivity index (χ1v) is 52.7. The standard InChI is InChI=1S/C32H33BN6O2.C26H29BN4O3.C24H26N6S.C7H8N2O2S.2C7H10N2S.C6H5ClN2O2/c1-5-38(33(3)40)20-24-17-34-18-27(21(24)2)23-12-15-30-26(16-23)31(32-35-28-8-6-7-9-29(28)36-32)37-39(30)19-22-10-13-25(41-4)14-11-22;1-5-30(27(3)33)16-21-13-28-14-24(18(21)2)20-8-11-26-23(12-20)25(17-32)29-31(26)15-19-6-9-22(34-4)10-7-19;1-4-27-11-16-12-28-13-18(14(16)2)15-8-9-19(25)17(10-15)22(26)24-29-20-6-5-7-21(31-3)23(20)30-24;1-12-6-4-2-3-5(8)7(6)9(10)11;2*1-10-6-4-2-3-5(8)7(6)9;7-4-2-1-3-5(8)6(4)9(10)11/h6-18,40H,5,19-20H2,1-4H3,(H,35,36);6-14,17,33H,5,15-16H2,1-4H3;5-10,12-13,26-27H,4,11,25H2,1-3H3,(H,29,30);2-4H,8H2,1H3;2*2-4H,8-9H2,1H3;1-3H,8H2. The summed E-state index contributed by atoms with van der Waals surface area (Å²) in [6.07, 6.45) is 19.9. The quantitative estimate of drug-likeness (QED) is 0.00378. The third-order valence-corrected chi connectivity index (χ3v) is 28.3. The number of carbonyl (C=O) groups is 1. The van der Waals surface area contributed by atoms with E-state index in [1.807, 2.05) is 221 Å². The molecule has 0 bridgehead atoms. The number of nitrogens with two attached hydrogens (primary N) is 7. The molecule has 0 atom stereocenters. The number of carbonyl (C=O) groups excluding carboxylic acids is 1. The SMILES string of the molecule is CCN(Cc1cncc(-c2ccc3c(c2)c(-c2nc4ccccc4[nH]2)nn3Cc2ccc(OC)cc2)c1C)B(C)O.CCN(Cc1cncc(-c2ccc3c(c2)c(C=O)nn3Cc2ccc(OC)cc2)c1C)B(C)O.CCNCc1cncc(-c2ccc(N)c(C(=N)c3nc4c(SC)cccc4[nH]3)c2)c1C.CSc1cccc(N)c1N.CSc1cccc(N)c1N.CSc1cccc(N)c1[N+](=O)[O-].Nc1cccc(Cl)c1[N+](=O)[O-]. The van der Waals surface area contributed by atoms with Gasteiger partial charge in [-0.05, 0) is 274 Å². The van der Waals surface area contributed by atoms with Crippen LogP contribution in [0.25, 0.3) is 88.8 Å². The van der Waals surface area contributed by atoms with Crippen LogP contribution in [-0.2, 0) is 32.7 Å². The highest BCUT2D eigenvalue weighted by molar-refractivity contribution is 7.99. The fraction of sp³-hybridized carbons (Fsp3) is 0.202. The fourth-order valence-electron chi connectivity index (χ4n) is 16.3. The number of aromatic nitrogens is 11. The lowest BCUT2D eigenvalue weighted by molar-refractivity contribution is -0.386. The summed E-state index contributed by atoms with van der Waals surface area (Å²) >= 11 is 11.7. The maximum absolute atomic E-state index is 11.8. The van der Waals surface area contributed by atoms with E-state index in [0.717, 1.165) is 186 Å². The number of halogens is 1. The van der Waals surface area contributed by atoms with E-state index in [4.69, 9.17) is 81.7 Å². The summed E-state index contributed by atoms with van der Waals surface area (Å²) in [5, 5.41) is 64.7. The zero-order valence-electron chi connectivity index (χ0n) is 85.3. The lowest BCUT2D eigenvalue weighted by atomic mass is 9.84. The van der Waals surface area contributed by atoms with Crippen molar-refractivity contribution in [1.82, 2.24) is 69.4 Å². The molecular weight excluding hydrogens is 1970 g/mol. The number of nitrogens with zero attached hydrogens (tertiary/aromatic N) is 13. The van der Waals surface area contributed by atoms with Gasteiger partial charge in [-0.3, -0.25) is 54.7 Å². The van der Waals surface area contributed by atoms with Crippen LogP contribution in [0.2, 0.25) is 18.7 Å². The number of fused-ring (bicyclic) bond motifs is 4. The van der Waals surface area contributed by atoms with Crippen molar-refractivity contribution in [3.8, 4) is 56.4 Å². The number of rotatable bonds is 30. The Labute approximate surface area is 887 Å². The van der Waals surface area contributed by atoms with Crippen LogP contribution in [0, 0.1) is 46.4 Å². The van der Waals surface area contributed by atoms with E-state index in [-0.39, 0.29) is 33.5 Å². The molecule has 0 fully saturated rings. The summed E-state index contributed by atoms with van der Waals surface area (Å²) in [5.74, 6) is 2.87. The highest BCUT2D eigenvalue weighted by Gasteiger charge is 2.26. The molecule has 768 valence electrons. The van der Waals surface area contributed by atoms with Crippen molar-refractivity contribution in [2.75, 3.05) is 99.0 Å². The van der Waals surface area contributed by atoms with Crippen LogP contribution >= 0.6 is 58.6 Å². The summed E-state index contributed by atoms with van der Waals surface area (Å²) in [6.45, 7) is 21.6. The number of imidazole rings is 2. The smallest absolute Gasteiger partial charge is 0.376 e. The van der Waals surface area contributed by atoms with Gasteiger partial charge in [0.05, 0.1) is 92.4 Å². The van der Waals surface area contributed by atoms with E-state index < -0.39 is 23.9 Å². The van der Waals surface area contributed by atoms with E-state index >= 15 is 0 Å². The Hall–Kier alpha value is -15.3. The lowest BCUT2D eigenvalue weighted by Crippen LogP contribution is -2.36. The highest BCUT2D eigenvalue weighted by atomic mass is 35.5. The second kappa shape index (κ2) is 53.4. The Bertz CT molecular complexity index is 7630. The number of benzene rings is 11. The fourth-order valence-corrected chi connectivity index (χ4v) is 18.9. The molecule has 0 radical (unpaired) electrons. The van der Waals surface area contributed by atoms with Gasteiger partial charge >= 0.3 is 25.5 Å². The molecular formula is C109H121B2ClN24O9S4. The molecule has 40 heteroatoms. The molecule has 0 aliphatic heterocycles. The Balaban J connectivity index is 0.000000166. The minimum absolute atomic E-state index is 0.00463. The number of aldehydes is 1. The maximum Gasteiger partial charge on any atom is 0.376 e. The zero-order chi connectivity index (χ0) is 107. The van der Waals surface area contributed by atoms with Crippen LogP contribution < -0.4 is 54.9 Å². The Morgan fingerprint density at radius 2 is 0.953 bits per heavy atom. The number of pyridine rings is 3. The molecule has 0 unspecified atom stereocenters. The predicted octanol–water partition coefficient (Wildman–Crippen LogP) is 21.8. The second-order valence-corrected chi connectivity index (χ2v) is 37.9. The van der Waals surface area contributed by atoms with Crippen molar-refractivity contribution >= 4 is 180 Å². The van der Waals surface area contributed by atoms with Gasteiger partial charge in [0.2, 0.25) is 0 Å². The average Bonchev–Trinajstić information content (AvgIpc) is 1.60. The van der Waals surface area contributed by atoms with Gasteiger partial charge in [0.15, 0.2) is 17.9 Å². The van der Waals surface area contributed by atoms with Crippen LogP contribution in [-0.4, -0.2) is 169 Å². The molecule has 0 saturated carbocycles. The number of nitrogen functional groups attached to an aromatic ring is 7. The number of hydrogen-bond acceptors (Lipinski definition) is 31. The van der Waals surface area contributed by atoms with E-state index in [9.17, 15) is 35.1 Å². The molecule has 0 saturated heterocycles. The summed E-state index contributed by atoms with van der Waals surface area (Å²) in [6, 6.07) is 68.9. The van der Waals surface area contributed by atoms with E-state index in [1.54, 1.807) is 99.7 Å². The largest absolute Gasteiger partial charge is 0.497 e. The van der Waals surface area contributed by atoms with Gasteiger partial charge in [-0.1, -0.05) is 117 Å². The molecule has 0 aliphatic rings. The van der Waals surface area contributed by atoms with Gasteiger partial charge < -0.3 is 84.6 Å². The van der Waals surface area contributed by atoms with Gasteiger partial charge in [-0.2, -0.15) is 10.2 Å². The summed E-state index contributed by atoms with van der Waals surface area (Å²) in [4.78, 5) is 69.1. The first-order valence-electron chi connectivity index (χ1n) is 47.4. The number of methoxy groups -OCH3 is 2. The molecule has 0 spiro atoms. The van der Waals surface area contributed by atoms with Crippen molar-refractivity contribution in [2.45, 2.75) is 107 Å². The number of ether oxygens (including phenoxy) is 2. The van der Waals surface area contributed by atoms with Crippen LogP contribution in [0.5, 0.6) is 11.5 Å². The predicted molar refractivity (Wildman–Crippen MR) is 616 cm³/mol. The number of para-hydroxylation sites is 7. The molecule has 33 nitrogen and oxygen atoms in total. The Kier molecular flexibility index (Phi) is 40.3. The molecule has 18 aromatic rings. The molecule has 149 heavy (non-hydrogen) atoms. The lowest BCUT2D eigenvalue weighted by Gasteiger charge is -2.22. The molecule has 0 aliphatic carbocycles. The van der Waals surface area contributed by atoms with Gasteiger partial charge in [0, 0.05) is 110 Å². The van der Waals surface area contributed by atoms with Crippen LogP contribution in [0.4, 0.5) is 51.2 Å². The number of nitro groups is 2. The van der Waals surface area contributed by atoms with Crippen LogP contribution in [0.15, 0.2) is 275 Å². The third kappa shape index (κ3) is 28.0.